The average molecular weight is 230 g/mol. The number of carbonyl (C=O) groups excluding carboxylic acids is 1. The number of carboxylic acid groups (broad SMARTS) is 1. The summed E-state index contributed by atoms with van der Waals surface area (Å²) in [5.41, 5.74) is 5.35. The van der Waals surface area contributed by atoms with Crippen LogP contribution in [-0.4, -0.2) is 29.1 Å². The third kappa shape index (κ3) is 4.18. The highest BCUT2D eigenvalue weighted by Gasteiger charge is 2.31. The summed E-state index contributed by atoms with van der Waals surface area (Å²) in [5, 5.41) is 11.4. The first-order chi connectivity index (χ1) is 7.07. The number of carboxylic acids is 1. The summed E-state index contributed by atoms with van der Waals surface area (Å²) in [6.07, 6.45) is 0. The molecule has 0 heterocycles. The number of nitrogens with two attached hydrogens (primary N) is 1. The molecule has 0 fully saturated rings. The van der Waals surface area contributed by atoms with Gasteiger partial charge < -0.3 is 16.2 Å². The highest BCUT2D eigenvalue weighted by Crippen LogP contribution is 2.17. The van der Waals surface area contributed by atoms with E-state index in [1.165, 1.54) is 0 Å². The van der Waals surface area contributed by atoms with E-state index >= 15 is 0 Å². The molecule has 0 saturated heterocycles. The fraction of sp³-hybridized carbons (Fsp3) is 0.818. The van der Waals surface area contributed by atoms with E-state index in [9.17, 15) is 9.59 Å². The van der Waals surface area contributed by atoms with Gasteiger partial charge >= 0.3 is 5.97 Å². The number of amides is 1. The van der Waals surface area contributed by atoms with E-state index in [4.69, 9.17) is 10.8 Å². The number of carbonyl (C=O) groups is 2. The minimum atomic E-state index is -1.04. The molecule has 0 rings (SSSR count). The molecule has 0 aliphatic rings. The standard InChI is InChI=1S/C11H22N2O3/c1-6(2)7(10(15)16)13-9(14)8(12)11(3,4)5/h6-8H,12H2,1-5H3,(H,13,14)(H,15,16). The van der Waals surface area contributed by atoms with Gasteiger partial charge in [-0.1, -0.05) is 34.6 Å². The Labute approximate surface area is 96.4 Å². The van der Waals surface area contributed by atoms with Crippen molar-refractivity contribution in [2.24, 2.45) is 17.1 Å². The molecule has 0 aromatic rings. The fourth-order valence-corrected chi connectivity index (χ4v) is 1.15. The minimum Gasteiger partial charge on any atom is -0.480 e. The molecular weight excluding hydrogens is 208 g/mol. The first kappa shape index (κ1) is 14.9. The van der Waals surface area contributed by atoms with Gasteiger partial charge in [-0.05, 0) is 11.3 Å². The predicted octanol–water partition coefficient (Wildman–Crippen LogP) is 0.585. The van der Waals surface area contributed by atoms with Gasteiger partial charge in [-0.15, -0.1) is 0 Å². The van der Waals surface area contributed by atoms with Crippen molar-refractivity contribution < 1.29 is 14.7 Å². The number of rotatable bonds is 4. The molecule has 2 unspecified atom stereocenters. The number of nitrogens with one attached hydrogen (secondary N) is 1. The van der Waals surface area contributed by atoms with Crippen LogP contribution < -0.4 is 11.1 Å². The third-order valence-electron chi connectivity index (χ3n) is 2.45. The smallest absolute Gasteiger partial charge is 0.326 e. The molecule has 0 aromatic heterocycles. The van der Waals surface area contributed by atoms with Crippen molar-refractivity contribution >= 4 is 11.9 Å². The van der Waals surface area contributed by atoms with Gasteiger partial charge in [0.2, 0.25) is 5.91 Å². The molecule has 2 atom stereocenters. The highest BCUT2D eigenvalue weighted by atomic mass is 16.4. The van der Waals surface area contributed by atoms with Crippen molar-refractivity contribution in [3.8, 4) is 0 Å². The van der Waals surface area contributed by atoms with Crippen LogP contribution in [-0.2, 0) is 9.59 Å². The average Bonchev–Trinajstić information content (AvgIpc) is 2.09. The first-order valence-corrected chi connectivity index (χ1v) is 5.36. The molecule has 1 amide bonds. The zero-order chi connectivity index (χ0) is 13.1. The van der Waals surface area contributed by atoms with Crippen LogP contribution in [0.15, 0.2) is 0 Å². The molecule has 0 spiro atoms. The van der Waals surface area contributed by atoms with Crippen molar-refractivity contribution in [2.75, 3.05) is 0 Å². The second kappa shape index (κ2) is 5.30. The van der Waals surface area contributed by atoms with Crippen LogP contribution in [0.4, 0.5) is 0 Å². The summed E-state index contributed by atoms with van der Waals surface area (Å²) in [6.45, 7) is 8.98. The largest absolute Gasteiger partial charge is 0.480 e. The van der Waals surface area contributed by atoms with Crippen molar-refractivity contribution in [3.63, 3.8) is 0 Å². The van der Waals surface area contributed by atoms with Gasteiger partial charge in [0.25, 0.3) is 0 Å². The summed E-state index contributed by atoms with van der Waals surface area (Å²) >= 11 is 0. The normalized spacial score (nSPS) is 15.7. The molecule has 94 valence electrons. The fourth-order valence-electron chi connectivity index (χ4n) is 1.15. The van der Waals surface area contributed by atoms with Crippen LogP contribution in [0.3, 0.4) is 0 Å². The maximum Gasteiger partial charge on any atom is 0.326 e. The SMILES string of the molecule is CC(C)C(NC(=O)C(N)C(C)(C)C)C(=O)O. The first-order valence-electron chi connectivity index (χ1n) is 5.36. The molecule has 0 bridgehead atoms. The molecule has 0 radical (unpaired) electrons. The van der Waals surface area contributed by atoms with Crippen molar-refractivity contribution in [1.82, 2.24) is 5.32 Å². The van der Waals surface area contributed by atoms with Crippen LogP contribution >= 0.6 is 0 Å². The minimum absolute atomic E-state index is 0.173. The van der Waals surface area contributed by atoms with Gasteiger partial charge in [0.15, 0.2) is 0 Å². The van der Waals surface area contributed by atoms with E-state index in [-0.39, 0.29) is 11.3 Å². The van der Waals surface area contributed by atoms with E-state index in [0.29, 0.717) is 0 Å². The third-order valence-corrected chi connectivity index (χ3v) is 2.45. The maximum absolute atomic E-state index is 11.7. The molecule has 0 saturated carbocycles. The summed E-state index contributed by atoms with van der Waals surface area (Å²) in [6, 6.07) is -1.60. The molecule has 0 aliphatic carbocycles. The number of aliphatic carboxylic acids is 1. The topological polar surface area (TPSA) is 92.4 Å². The van der Waals surface area contributed by atoms with Gasteiger partial charge in [-0.2, -0.15) is 0 Å². The quantitative estimate of drug-likeness (QED) is 0.659. The Bertz CT molecular complexity index is 269. The molecular formula is C11H22N2O3. The van der Waals surface area contributed by atoms with Crippen LogP contribution in [0.2, 0.25) is 0 Å². The Balaban J connectivity index is 4.60. The Morgan fingerprint density at radius 2 is 1.69 bits per heavy atom. The monoisotopic (exact) mass is 230 g/mol. The van der Waals surface area contributed by atoms with Crippen molar-refractivity contribution in [2.45, 2.75) is 46.7 Å². The molecule has 4 N–H and O–H groups in total. The second-order valence-electron chi connectivity index (χ2n) is 5.41. The summed E-state index contributed by atoms with van der Waals surface area (Å²) < 4.78 is 0. The number of hydrogen-bond acceptors (Lipinski definition) is 3. The van der Waals surface area contributed by atoms with Gasteiger partial charge in [0, 0.05) is 0 Å². The predicted molar refractivity (Wildman–Crippen MR) is 61.8 cm³/mol. The lowest BCUT2D eigenvalue weighted by Gasteiger charge is -2.28. The molecule has 0 aliphatic heterocycles. The van der Waals surface area contributed by atoms with Crippen LogP contribution in [0.25, 0.3) is 0 Å². The zero-order valence-corrected chi connectivity index (χ0v) is 10.6. The van der Waals surface area contributed by atoms with Crippen LogP contribution in [0.5, 0.6) is 0 Å². The Hall–Kier alpha value is -1.10. The van der Waals surface area contributed by atoms with Crippen LogP contribution in [0, 0.1) is 11.3 Å². The van der Waals surface area contributed by atoms with Gasteiger partial charge in [0.1, 0.15) is 6.04 Å². The molecule has 0 aromatic carbocycles. The summed E-state index contributed by atoms with van der Waals surface area (Å²) in [7, 11) is 0. The summed E-state index contributed by atoms with van der Waals surface area (Å²) in [4.78, 5) is 22.6. The lowest BCUT2D eigenvalue weighted by molar-refractivity contribution is -0.143. The van der Waals surface area contributed by atoms with E-state index in [1.54, 1.807) is 13.8 Å². The van der Waals surface area contributed by atoms with Gasteiger partial charge in [-0.25, -0.2) is 4.79 Å². The molecule has 16 heavy (non-hydrogen) atoms. The number of hydrogen-bond donors (Lipinski definition) is 3. The lowest BCUT2D eigenvalue weighted by Crippen LogP contribution is -2.54. The van der Waals surface area contributed by atoms with E-state index in [2.05, 4.69) is 5.32 Å². The lowest BCUT2D eigenvalue weighted by atomic mass is 9.86. The Morgan fingerprint density at radius 3 is 1.94 bits per heavy atom. The van der Waals surface area contributed by atoms with E-state index in [0.717, 1.165) is 0 Å². The van der Waals surface area contributed by atoms with Crippen LogP contribution in [0.1, 0.15) is 34.6 Å². The van der Waals surface area contributed by atoms with Crippen molar-refractivity contribution in [3.05, 3.63) is 0 Å². The van der Waals surface area contributed by atoms with E-state index < -0.39 is 24.0 Å². The van der Waals surface area contributed by atoms with Gasteiger partial charge in [-0.3, -0.25) is 4.79 Å². The van der Waals surface area contributed by atoms with E-state index in [1.807, 2.05) is 20.8 Å². The Morgan fingerprint density at radius 1 is 1.25 bits per heavy atom. The maximum atomic E-state index is 11.7. The molecule has 5 heteroatoms. The second-order valence-corrected chi connectivity index (χ2v) is 5.41. The Kier molecular flexibility index (Phi) is 4.93. The van der Waals surface area contributed by atoms with Gasteiger partial charge in [0.05, 0.1) is 6.04 Å². The zero-order valence-electron chi connectivity index (χ0n) is 10.6. The molecule has 5 nitrogen and oxygen atoms in total. The van der Waals surface area contributed by atoms with Crippen molar-refractivity contribution in [1.29, 1.82) is 0 Å². The summed E-state index contributed by atoms with van der Waals surface area (Å²) in [5.74, 6) is -1.63. The highest BCUT2D eigenvalue weighted by molar-refractivity contribution is 5.87.